The van der Waals surface area contributed by atoms with Gasteiger partial charge in [-0.3, -0.25) is 9.78 Å². The van der Waals surface area contributed by atoms with Crippen molar-refractivity contribution < 1.29 is 45.3 Å². The number of aromatic nitrogens is 1. The molecule has 1 aliphatic rings. The minimum Gasteiger partial charge on any atom is -0.493 e. The molecular formula is C25H20F6N2O4. The van der Waals surface area contributed by atoms with Crippen LogP contribution in [0.25, 0.3) is 0 Å². The van der Waals surface area contributed by atoms with E-state index in [0.29, 0.717) is 24.2 Å². The zero-order chi connectivity index (χ0) is 27.0. The second kappa shape index (κ2) is 9.83. The first-order chi connectivity index (χ1) is 17.3. The zero-order valence-corrected chi connectivity index (χ0v) is 19.5. The molecule has 4 rings (SSSR count). The minimum atomic E-state index is -4.95. The van der Waals surface area contributed by atoms with E-state index in [2.05, 4.69) is 15.0 Å². The third-order valence-corrected chi connectivity index (χ3v) is 5.46. The molecule has 0 spiro atoms. The summed E-state index contributed by atoms with van der Waals surface area (Å²) in [4.78, 5) is 17.1. The van der Waals surface area contributed by atoms with Gasteiger partial charge in [-0.25, -0.2) is 0 Å². The zero-order valence-electron chi connectivity index (χ0n) is 19.5. The molecule has 1 heterocycles. The van der Waals surface area contributed by atoms with Gasteiger partial charge in [0.25, 0.3) is 5.91 Å². The number of rotatable bonds is 7. The second-order valence-corrected chi connectivity index (χ2v) is 8.31. The summed E-state index contributed by atoms with van der Waals surface area (Å²) in [5.74, 6) is -2.37. The van der Waals surface area contributed by atoms with Crippen molar-refractivity contribution in [2.24, 2.45) is 0 Å². The van der Waals surface area contributed by atoms with Gasteiger partial charge >= 0.3 is 12.5 Å². The Kier molecular flexibility index (Phi) is 6.94. The highest BCUT2D eigenvalue weighted by molar-refractivity contribution is 6.06. The highest BCUT2D eigenvalue weighted by Crippen LogP contribution is 2.49. The van der Waals surface area contributed by atoms with Crippen molar-refractivity contribution in [3.63, 3.8) is 0 Å². The molecule has 6 nitrogen and oxygen atoms in total. The van der Waals surface area contributed by atoms with Crippen LogP contribution in [0.4, 0.5) is 32.0 Å². The summed E-state index contributed by atoms with van der Waals surface area (Å²) in [5.41, 5.74) is -0.548. The predicted octanol–water partition coefficient (Wildman–Crippen LogP) is 7.24. The van der Waals surface area contributed by atoms with E-state index in [9.17, 15) is 31.1 Å². The van der Waals surface area contributed by atoms with Crippen molar-refractivity contribution in [2.45, 2.75) is 38.2 Å². The largest absolute Gasteiger partial charge is 0.573 e. The highest BCUT2D eigenvalue weighted by Gasteiger charge is 2.40. The molecule has 1 saturated carbocycles. The van der Waals surface area contributed by atoms with Crippen LogP contribution in [-0.2, 0) is 6.18 Å². The van der Waals surface area contributed by atoms with Crippen LogP contribution in [0.5, 0.6) is 23.0 Å². The van der Waals surface area contributed by atoms with Crippen molar-refractivity contribution in [2.75, 3.05) is 12.4 Å². The lowest BCUT2D eigenvalue weighted by Gasteiger charge is -2.19. The summed E-state index contributed by atoms with van der Waals surface area (Å²) < 4.78 is 94.3. The van der Waals surface area contributed by atoms with Crippen molar-refractivity contribution >= 4 is 11.6 Å². The number of nitrogens with zero attached hydrogens (tertiary/aromatic N) is 1. The molecular weight excluding hydrogens is 506 g/mol. The Bertz CT molecular complexity index is 1320. The van der Waals surface area contributed by atoms with E-state index < -0.39 is 35.3 Å². The lowest BCUT2D eigenvalue weighted by Crippen LogP contribution is -2.17. The molecule has 1 aromatic heterocycles. The second-order valence-electron chi connectivity index (χ2n) is 8.31. The summed E-state index contributed by atoms with van der Waals surface area (Å²) >= 11 is 0. The van der Waals surface area contributed by atoms with Crippen molar-refractivity contribution in [1.29, 1.82) is 0 Å². The van der Waals surface area contributed by atoms with E-state index in [4.69, 9.17) is 9.47 Å². The SMILES string of the molecule is COc1cc(OC(F)(F)F)ccc1Oc1cc(C2CC2)c(C(F)(F)F)cc1C(=O)Nc1ccnc(C)c1. The Morgan fingerprint density at radius 2 is 1.70 bits per heavy atom. The number of hydrogen-bond donors (Lipinski definition) is 1. The van der Waals surface area contributed by atoms with Crippen molar-refractivity contribution in [3.8, 4) is 23.0 Å². The molecule has 0 saturated heterocycles. The van der Waals surface area contributed by atoms with Crippen LogP contribution >= 0.6 is 0 Å². The molecule has 0 unspecified atom stereocenters. The molecule has 0 radical (unpaired) electrons. The number of anilines is 1. The Morgan fingerprint density at radius 1 is 0.973 bits per heavy atom. The Balaban J connectivity index is 1.77. The third kappa shape index (κ3) is 6.43. The molecule has 2 aromatic carbocycles. The number of benzene rings is 2. The van der Waals surface area contributed by atoms with Crippen LogP contribution < -0.4 is 19.5 Å². The molecule has 1 aliphatic carbocycles. The van der Waals surface area contributed by atoms with Crippen LogP contribution in [0.15, 0.2) is 48.7 Å². The number of pyridine rings is 1. The molecule has 0 aliphatic heterocycles. The maximum absolute atomic E-state index is 13.9. The number of methoxy groups -OCH3 is 1. The van der Waals surface area contributed by atoms with Gasteiger partial charge in [0, 0.05) is 23.6 Å². The average Bonchev–Trinajstić information content (AvgIpc) is 3.63. The number of alkyl halides is 6. The van der Waals surface area contributed by atoms with Crippen LogP contribution in [-0.4, -0.2) is 24.4 Å². The summed E-state index contributed by atoms with van der Waals surface area (Å²) in [5, 5.41) is 2.53. The smallest absolute Gasteiger partial charge is 0.493 e. The molecule has 37 heavy (non-hydrogen) atoms. The molecule has 1 amide bonds. The number of ether oxygens (including phenoxy) is 3. The number of carbonyl (C=O) groups is 1. The first-order valence-electron chi connectivity index (χ1n) is 10.9. The van der Waals surface area contributed by atoms with Crippen molar-refractivity contribution in [3.05, 3.63) is 71.0 Å². The van der Waals surface area contributed by atoms with Gasteiger partial charge in [-0.15, -0.1) is 13.2 Å². The van der Waals surface area contributed by atoms with E-state index in [1.165, 1.54) is 25.4 Å². The number of hydrogen-bond acceptors (Lipinski definition) is 5. The fourth-order valence-corrected chi connectivity index (χ4v) is 3.70. The van der Waals surface area contributed by atoms with E-state index in [-0.39, 0.29) is 28.7 Å². The van der Waals surface area contributed by atoms with Crippen LogP contribution in [0, 0.1) is 6.92 Å². The molecule has 3 aromatic rings. The Morgan fingerprint density at radius 3 is 2.30 bits per heavy atom. The van der Waals surface area contributed by atoms with Gasteiger partial charge in [0.15, 0.2) is 11.5 Å². The molecule has 196 valence electrons. The summed E-state index contributed by atoms with van der Waals surface area (Å²) in [6.07, 6.45) is -7.17. The lowest BCUT2D eigenvalue weighted by atomic mass is 9.98. The van der Waals surface area contributed by atoms with Crippen LogP contribution in [0.1, 0.15) is 45.9 Å². The van der Waals surface area contributed by atoms with Crippen molar-refractivity contribution in [1.82, 2.24) is 4.98 Å². The topological polar surface area (TPSA) is 69.7 Å². The third-order valence-electron chi connectivity index (χ3n) is 5.46. The van der Waals surface area contributed by atoms with Gasteiger partial charge in [-0.05, 0) is 67.6 Å². The fourth-order valence-electron chi connectivity index (χ4n) is 3.70. The average molecular weight is 526 g/mol. The van der Waals surface area contributed by atoms with Crippen LogP contribution in [0.3, 0.4) is 0 Å². The summed E-state index contributed by atoms with van der Waals surface area (Å²) in [6, 6.07) is 7.83. The van der Waals surface area contributed by atoms with Gasteiger partial charge in [0.2, 0.25) is 0 Å². The minimum absolute atomic E-state index is 0.0326. The van der Waals surface area contributed by atoms with E-state index in [1.807, 2.05) is 0 Å². The van der Waals surface area contributed by atoms with Gasteiger partial charge < -0.3 is 19.5 Å². The van der Waals surface area contributed by atoms with Gasteiger partial charge in [-0.2, -0.15) is 13.2 Å². The molecule has 1 N–H and O–H groups in total. The number of amides is 1. The normalized spacial score (nSPS) is 13.7. The standard InChI is InChI=1S/C25H20F6N2O4/c1-13-9-15(7-8-32-13)33-23(34)18-11-19(24(26,27)28)17(14-3-4-14)12-21(18)36-20-6-5-16(10-22(20)35-2)37-25(29,30)31/h5-12,14H,3-4H2,1-2H3,(H,32,33,34). The summed E-state index contributed by atoms with van der Waals surface area (Å²) in [7, 11) is 1.17. The quantitative estimate of drug-likeness (QED) is 0.329. The fraction of sp³-hybridized carbons (Fsp3) is 0.280. The number of carbonyl (C=O) groups excluding carboxylic acids is 1. The maximum Gasteiger partial charge on any atom is 0.573 e. The molecule has 0 atom stereocenters. The number of nitrogens with one attached hydrogen (secondary N) is 1. The first-order valence-corrected chi connectivity index (χ1v) is 10.9. The van der Waals surface area contributed by atoms with Crippen LogP contribution in [0.2, 0.25) is 0 Å². The lowest BCUT2D eigenvalue weighted by molar-refractivity contribution is -0.274. The molecule has 12 heteroatoms. The highest BCUT2D eigenvalue weighted by atomic mass is 19.4. The maximum atomic E-state index is 13.9. The van der Waals surface area contributed by atoms with Gasteiger partial charge in [-0.1, -0.05) is 0 Å². The summed E-state index contributed by atoms with van der Waals surface area (Å²) in [6.45, 7) is 1.68. The number of halogens is 6. The predicted molar refractivity (Wildman–Crippen MR) is 120 cm³/mol. The molecule has 0 bridgehead atoms. The molecule has 1 fully saturated rings. The van der Waals surface area contributed by atoms with Gasteiger partial charge in [0.05, 0.1) is 18.2 Å². The Hall–Kier alpha value is -3.96. The monoisotopic (exact) mass is 526 g/mol. The van der Waals surface area contributed by atoms with E-state index in [1.54, 1.807) is 6.92 Å². The first kappa shape index (κ1) is 26.1. The van der Waals surface area contributed by atoms with E-state index in [0.717, 1.165) is 30.3 Å². The van der Waals surface area contributed by atoms with E-state index >= 15 is 0 Å². The Labute approximate surface area is 207 Å². The number of aryl methyl sites for hydroxylation is 1. The van der Waals surface area contributed by atoms with Gasteiger partial charge in [0.1, 0.15) is 11.5 Å².